The standard InChI is InChI=1S/C5H10IN3O/c1-5(2,8-9-7)4(6)3-10/h4,10H,3H2,1-2H3. The largest absolute Gasteiger partial charge is 0.395 e. The minimum atomic E-state index is -0.496. The van der Waals surface area contributed by atoms with E-state index in [4.69, 9.17) is 10.6 Å². The molecular formula is C5H10IN3O. The van der Waals surface area contributed by atoms with Crippen molar-refractivity contribution in [3.05, 3.63) is 10.4 Å². The summed E-state index contributed by atoms with van der Waals surface area (Å²) in [6, 6.07) is 0. The average molecular weight is 255 g/mol. The zero-order chi connectivity index (χ0) is 8.20. The van der Waals surface area contributed by atoms with Gasteiger partial charge in [0, 0.05) is 8.84 Å². The fraction of sp³-hybridized carbons (Fsp3) is 1.00. The maximum Gasteiger partial charge on any atom is 0.0571 e. The Morgan fingerprint density at radius 2 is 2.30 bits per heavy atom. The van der Waals surface area contributed by atoms with Gasteiger partial charge in [0.05, 0.1) is 12.1 Å². The normalized spacial score (nSPS) is 14.0. The number of azide groups is 1. The van der Waals surface area contributed by atoms with E-state index in [2.05, 4.69) is 32.6 Å². The van der Waals surface area contributed by atoms with Gasteiger partial charge in [-0.15, -0.1) is 0 Å². The van der Waals surface area contributed by atoms with Gasteiger partial charge in [0.1, 0.15) is 0 Å². The Morgan fingerprint density at radius 1 is 1.80 bits per heavy atom. The van der Waals surface area contributed by atoms with E-state index >= 15 is 0 Å². The van der Waals surface area contributed by atoms with Crippen molar-refractivity contribution in [3.8, 4) is 0 Å². The first kappa shape index (κ1) is 10.0. The highest BCUT2D eigenvalue weighted by Crippen LogP contribution is 2.21. The number of halogens is 1. The number of aliphatic hydroxyl groups excluding tert-OH is 1. The Kier molecular flexibility index (Phi) is 4.00. The van der Waals surface area contributed by atoms with Gasteiger partial charge in [0.15, 0.2) is 0 Å². The number of nitrogens with zero attached hydrogens (tertiary/aromatic N) is 3. The lowest BCUT2D eigenvalue weighted by molar-refractivity contribution is 0.268. The molecule has 0 spiro atoms. The summed E-state index contributed by atoms with van der Waals surface area (Å²) < 4.78 is -0.0269. The van der Waals surface area contributed by atoms with Gasteiger partial charge in [0.2, 0.25) is 0 Å². The number of rotatable bonds is 3. The van der Waals surface area contributed by atoms with Crippen LogP contribution < -0.4 is 0 Å². The van der Waals surface area contributed by atoms with Gasteiger partial charge in [-0.05, 0) is 5.53 Å². The maximum absolute atomic E-state index is 8.71. The van der Waals surface area contributed by atoms with Crippen LogP contribution in [0.3, 0.4) is 0 Å². The van der Waals surface area contributed by atoms with Crippen LogP contribution in [-0.4, -0.2) is 21.2 Å². The molecule has 0 saturated carbocycles. The molecule has 0 aromatic heterocycles. The van der Waals surface area contributed by atoms with E-state index in [1.807, 2.05) is 0 Å². The molecule has 0 aliphatic carbocycles. The van der Waals surface area contributed by atoms with Gasteiger partial charge in [-0.1, -0.05) is 41.6 Å². The number of alkyl halides is 1. The van der Waals surface area contributed by atoms with Crippen molar-refractivity contribution in [2.45, 2.75) is 23.3 Å². The third-order valence-corrected chi connectivity index (χ3v) is 3.15. The molecule has 0 aromatic rings. The second kappa shape index (κ2) is 4.00. The predicted octanol–water partition coefficient (Wildman–Crippen LogP) is 1.87. The third-order valence-electron chi connectivity index (χ3n) is 1.23. The molecule has 0 amide bonds. The Balaban J connectivity index is 4.22. The molecule has 1 atom stereocenters. The van der Waals surface area contributed by atoms with E-state index in [1.54, 1.807) is 13.8 Å². The summed E-state index contributed by atoms with van der Waals surface area (Å²) in [5.41, 5.74) is 7.62. The summed E-state index contributed by atoms with van der Waals surface area (Å²) in [7, 11) is 0. The second-order valence-electron chi connectivity index (χ2n) is 2.49. The zero-order valence-corrected chi connectivity index (χ0v) is 8.11. The molecule has 0 aromatic carbocycles. The Bertz CT molecular complexity index is 153. The fourth-order valence-corrected chi connectivity index (χ4v) is 0.526. The van der Waals surface area contributed by atoms with Crippen molar-refractivity contribution in [1.82, 2.24) is 0 Å². The molecule has 5 heteroatoms. The van der Waals surface area contributed by atoms with Gasteiger partial charge in [-0.25, -0.2) is 0 Å². The molecule has 58 valence electrons. The molecule has 1 unspecified atom stereocenters. The lowest BCUT2D eigenvalue weighted by Crippen LogP contribution is -2.31. The minimum Gasteiger partial charge on any atom is -0.395 e. The summed E-state index contributed by atoms with van der Waals surface area (Å²) in [5.74, 6) is 0. The summed E-state index contributed by atoms with van der Waals surface area (Å²) in [6.45, 7) is 3.62. The van der Waals surface area contributed by atoms with Crippen LogP contribution in [0.4, 0.5) is 0 Å². The molecule has 4 nitrogen and oxygen atoms in total. The molecule has 1 N–H and O–H groups in total. The lowest BCUT2D eigenvalue weighted by Gasteiger charge is -2.22. The van der Waals surface area contributed by atoms with Gasteiger partial charge in [-0.2, -0.15) is 0 Å². The van der Waals surface area contributed by atoms with Crippen LogP contribution in [0.2, 0.25) is 0 Å². The van der Waals surface area contributed by atoms with Gasteiger partial charge < -0.3 is 5.11 Å². The zero-order valence-electron chi connectivity index (χ0n) is 5.95. The summed E-state index contributed by atoms with van der Waals surface area (Å²) >= 11 is 2.06. The van der Waals surface area contributed by atoms with Crippen molar-refractivity contribution in [2.75, 3.05) is 6.61 Å². The van der Waals surface area contributed by atoms with E-state index in [0.717, 1.165) is 0 Å². The van der Waals surface area contributed by atoms with Crippen molar-refractivity contribution >= 4 is 22.6 Å². The second-order valence-corrected chi connectivity index (χ2v) is 4.00. The van der Waals surface area contributed by atoms with E-state index in [1.165, 1.54) is 0 Å². The highest BCUT2D eigenvalue weighted by molar-refractivity contribution is 14.1. The van der Waals surface area contributed by atoms with Crippen molar-refractivity contribution in [3.63, 3.8) is 0 Å². The topological polar surface area (TPSA) is 69.0 Å². The summed E-state index contributed by atoms with van der Waals surface area (Å²) in [5, 5.41) is 12.2. The number of aliphatic hydroxyl groups is 1. The van der Waals surface area contributed by atoms with Gasteiger partial charge in [0.25, 0.3) is 0 Å². The van der Waals surface area contributed by atoms with Crippen LogP contribution >= 0.6 is 22.6 Å². The first-order valence-corrected chi connectivity index (χ1v) is 4.10. The molecule has 0 radical (unpaired) electrons. The quantitative estimate of drug-likeness (QED) is 0.270. The van der Waals surface area contributed by atoms with E-state index in [0.29, 0.717) is 0 Å². The van der Waals surface area contributed by atoms with E-state index in [-0.39, 0.29) is 10.5 Å². The van der Waals surface area contributed by atoms with Gasteiger partial charge in [-0.3, -0.25) is 0 Å². The first-order valence-electron chi connectivity index (χ1n) is 2.85. The summed E-state index contributed by atoms with van der Waals surface area (Å²) in [4.78, 5) is 2.69. The third kappa shape index (κ3) is 2.72. The van der Waals surface area contributed by atoms with Crippen LogP contribution in [-0.2, 0) is 0 Å². The maximum atomic E-state index is 8.71. The highest BCUT2D eigenvalue weighted by atomic mass is 127. The van der Waals surface area contributed by atoms with E-state index < -0.39 is 5.54 Å². The fourth-order valence-electron chi connectivity index (χ4n) is 0.401. The van der Waals surface area contributed by atoms with Gasteiger partial charge >= 0.3 is 0 Å². The Morgan fingerprint density at radius 3 is 2.60 bits per heavy atom. The molecule has 0 saturated heterocycles. The Labute approximate surface area is 73.4 Å². The van der Waals surface area contributed by atoms with Crippen LogP contribution in [0.1, 0.15) is 13.8 Å². The monoisotopic (exact) mass is 255 g/mol. The predicted molar refractivity (Wildman–Crippen MR) is 48.1 cm³/mol. The molecule has 0 fully saturated rings. The molecule has 0 aliphatic rings. The van der Waals surface area contributed by atoms with E-state index in [9.17, 15) is 0 Å². The van der Waals surface area contributed by atoms with Crippen LogP contribution in [0.25, 0.3) is 10.4 Å². The smallest absolute Gasteiger partial charge is 0.0571 e. The van der Waals surface area contributed by atoms with Crippen molar-refractivity contribution in [1.29, 1.82) is 0 Å². The molecule has 0 heterocycles. The SMILES string of the molecule is CC(C)(N=[N+]=[N-])C(I)CO. The molecule has 0 aliphatic heterocycles. The number of hydrogen-bond acceptors (Lipinski definition) is 2. The first-order chi connectivity index (χ1) is 4.54. The minimum absolute atomic E-state index is 0.0269. The highest BCUT2D eigenvalue weighted by Gasteiger charge is 2.24. The van der Waals surface area contributed by atoms with Crippen molar-refractivity contribution in [2.24, 2.45) is 5.11 Å². The molecule has 10 heavy (non-hydrogen) atoms. The molecule has 0 bridgehead atoms. The molecule has 0 rings (SSSR count). The van der Waals surface area contributed by atoms with Crippen LogP contribution in [0.15, 0.2) is 5.11 Å². The van der Waals surface area contributed by atoms with Crippen LogP contribution in [0, 0.1) is 0 Å². The number of hydrogen-bond donors (Lipinski definition) is 1. The average Bonchev–Trinajstić information content (AvgIpc) is 1.86. The van der Waals surface area contributed by atoms with Crippen molar-refractivity contribution < 1.29 is 5.11 Å². The molecular weight excluding hydrogens is 245 g/mol. The summed E-state index contributed by atoms with van der Waals surface area (Å²) in [6.07, 6.45) is 0. The lowest BCUT2D eigenvalue weighted by atomic mass is 10.0. The Hall–Kier alpha value is 0.0000000000000000347. The van der Waals surface area contributed by atoms with Crippen LogP contribution in [0.5, 0.6) is 0 Å².